The van der Waals surface area contributed by atoms with E-state index in [9.17, 15) is 4.79 Å². The lowest BCUT2D eigenvalue weighted by Gasteiger charge is -2.21. The number of fused-ring (bicyclic) bond motifs is 1. The summed E-state index contributed by atoms with van der Waals surface area (Å²) in [7, 11) is 1.57. The maximum absolute atomic E-state index is 11.8. The molecule has 1 aliphatic rings. The van der Waals surface area contributed by atoms with E-state index in [0.717, 1.165) is 18.4 Å². The highest BCUT2D eigenvalue weighted by atomic mass is 35.5. The Kier molecular flexibility index (Phi) is 3.72. The van der Waals surface area contributed by atoms with Gasteiger partial charge in [-0.3, -0.25) is 4.79 Å². The second kappa shape index (κ2) is 4.64. The minimum Gasteiger partial charge on any atom is -0.496 e. The number of Topliss-reactive ketones (excluding diaryl/α,β-unsaturated/α-hetero) is 1. The maximum atomic E-state index is 11.8. The van der Waals surface area contributed by atoms with Crippen LogP contribution < -0.4 is 10.5 Å². The average Bonchev–Trinajstić information content (AvgIpc) is 2.23. The lowest BCUT2D eigenvalue weighted by Crippen LogP contribution is -2.35. The van der Waals surface area contributed by atoms with Crippen LogP contribution >= 0.6 is 12.4 Å². The molecule has 0 fully saturated rings. The molecule has 82 valence electrons. The molecule has 2 N–H and O–H groups in total. The molecular formula is C11H14ClNO2. The van der Waals surface area contributed by atoms with Crippen molar-refractivity contribution in [3.8, 4) is 5.75 Å². The number of hydrogen-bond donors (Lipinski definition) is 1. The first-order chi connectivity index (χ1) is 6.74. The molecule has 0 radical (unpaired) electrons. The monoisotopic (exact) mass is 227 g/mol. The average molecular weight is 228 g/mol. The van der Waals surface area contributed by atoms with Crippen LogP contribution in [0.5, 0.6) is 5.75 Å². The van der Waals surface area contributed by atoms with Crippen molar-refractivity contribution in [3.05, 3.63) is 29.3 Å². The van der Waals surface area contributed by atoms with E-state index in [-0.39, 0.29) is 24.2 Å². The van der Waals surface area contributed by atoms with Crippen LogP contribution in [0.4, 0.5) is 0 Å². The van der Waals surface area contributed by atoms with Gasteiger partial charge in [0.15, 0.2) is 5.78 Å². The molecule has 4 heteroatoms. The molecule has 0 aliphatic heterocycles. The minimum atomic E-state index is -0.362. The Balaban J connectivity index is 0.00000112. The molecular weight excluding hydrogens is 214 g/mol. The predicted molar refractivity (Wildman–Crippen MR) is 60.9 cm³/mol. The van der Waals surface area contributed by atoms with Gasteiger partial charge in [0, 0.05) is 0 Å². The van der Waals surface area contributed by atoms with Gasteiger partial charge >= 0.3 is 0 Å². The number of benzene rings is 1. The number of methoxy groups -OCH3 is 1. The minimum absolute atomic E-state index is 0. The third kappa shape index (κ3) is 1.98. The molecule has 15 heavy (non-hydrogen) atoms. The fourth-order valence-electron chi connectivity index (χ4n) is 1.86. The van der Waals surface area contributed by atoms with Gasteiger partial charge in [0.1, 0.15) is 5.75 Å². The van der Waals surface area contributed by atoms with Crippen molar-refractivity contribution in [2.45, 2.75) is 18.9 Å². The van der Waals surface area contributed by atoms with Crippen molar-refractivity contribution >= 4 is 18.2 Å². The van der Waals surface area contributed by atoms with Crippen molar-refractivity contribution in [1.82, 2.24) is 0 Å². The van der Waals surface area contributed by atoms with E-state index >= 15 is 0 Å². The van der Waals surface area contributed by atoms with Crippen LogP contribution in [-0.4, -0.2) is 18.9 Å². The molecule has 1 unspecified atom stereocenters. The molecule has 2 rings (SSSR count). The van der Waals surface area contributed by atoms with Crippen LogP contribution in [0, 0.1) is 0 Å². The van der Waals surface area contributed by atoms with Gasteiger partial charge in [-0.2, -0.15) is 0 Å². The Hall–Kier alpha value is -1.06. The van der Waals surface area contributed by atoms with E-state index in [4.69, 9.17) is 10.5 Å². The summed E-state index contributed by atoms with van der Waals surface area (Å²) in [5.74, 6) is 0.645. The van der Waals surface area contributed by atoms with Crippen LogP contribution in [0.1, 0.15) is 22.3 Å². The summed E-state index contributed by atoms with van der Waals surface area (Å²) in [6.45, 7) is 0. The number of halogens is 1. The fraction of sp³-hybridized carbons (Fsp3) is 0.364. The Bertz CT molecular complexity index is 365. The number of ether oxygens (including phenoxy) is 1. The number of nitrogens with two attached hydrogens (primary N) is 1. The second-order valence-corrected chi connectivity index (χ2v) is 3.50. The fourth-order valence-corrected chi connectivity index (χ4v) is 1.86. The zero-order valence-electron chi connectivity index (χ0n) is 8.53. The van der Waals surface area contributed by atoms with Crippen molar-refractivity contribution in [1.29, 1.82) is 0 Å². The first-order valence-corrected chi connectivity index (χ1v) is 4.69. The highest BCUT2D eigenvalue weighted by Crippen LogP contribution is 2.28. The Morgan fingerprint density at radius 1 is 1.47 bits per heavy atom. The van der Waals surface area contributed by atoms with Crippen molar-refractivity contribution in [3.63, 3.8) is 0 Å². The van der Waals surface area contributed by atoms with Crippen LogP contribution in [0.2, 0.25) is 0 Å². The smallest absolute Gasteiger partial charge is 0.183 e. The van der Waals surface area contributed by atoms with Gasteiger partial charge < -0.3 is 10.5 Å². The van der Waals surface area contributed by atoms with E-state index in [1.54, 1.807) is 13.2 Å². The molecule has 0 spiro atoms. The zero-order chi connectivity index (χ0) is 10.1. The SMILES string of the molecule is COc1cccc2c1C(=O)C(N)CC2.Cl. The molecule has 3 nitrogen and oxygen atoms in total. The largest absolute Gasteiger partial charge is 0.496 e. The van der Waals surface area contributed by atoms with Gasteiger partial charge in [-0.05, 0) is 24.5 Å². The van der Waals surface area contributed by atoms with E-state index < -0.39 is 0 Å². The topological polar surface area (TPSA) is 52.3 Å². The summed E-state index contributed by atoms with van der Waals surface area (Å²) in [6, 6.07) is 5.30. The first-order valence-electron chi connectivity index (χ1n) is 4.69. The van der Waals surface area contributed by atoms with Gasteiger partial charge in [-0.1, -0.05) is 12.1 Å². The summed E-state index contributed by atoms with van der Waals surface area (Å²) in [6.07, 6.45) is 1.60. The van der Waals surface area contributed by atoms with E-state index in [1.165, 1.54) is 0 Å². The Labute approximate surface area is 95.0 Å². The molecule has 0 heterocycles. The standard InChI is InChI=1S/C11H13NO2.ClH/c1-14-9-4-2-3-7-5-6-8(12)11(13)10(7)9;/h2-4,8H,5-6,12H2,1H3;1H. The van der Waals surface area contributed by atoms with Gasteiger partial charge in [0.05, 0.1) is 18.7 Å². The lowest BCUT2D eigenvalue weighted by atomic mass is 9.87. The highest BCUT2D eigenvalue weighted by Gasteiger charge is 2.27. The van der Waals surface area contributed by atoms with Gasteiger partial charge in [-0.25, -0.2) is 0 Å². The van der Waals surface area contributed by atoms with Crippen LogP contribution in [0.3, 0.4) is 0 Å². The van der Waals surface area contributed by atoms with Gasteiger partial charge in [0.25, 0.3) is 0 Å². The van der Waals surface area contributed by atoms with Crippen molar-refractivity contribution < 1.29 is 9.53 Å². The quantitative estimate of drug-likeness (QED) is 0.793. The van der Waals surface area contributed by atoms with E-state index in [2.05, 4.69) is 0 Å². The van der Waals surface area contributed by atoms with E-state index in [1.807, 2.05) is 12.1 Å². The van der Waals surface area contributed by atoms with Crippen LogP contribution in [0.25, 0.3) is 0 Å². The third-order valence-electron chi connectivity index (χ3n) is 2.64. The first kappa shape index (κ1) is 12.0. The summed E-state index contributed by atoms with van der Waals surface area (Å²) < 4.78 is 5.15. The molecule has 0 amide bonds. The molecule has 0 saturated carbocycles. The number of aryl methyl sites for hydroxylation is 1. The zero-order valence-corrected chi connectivity index (χ0v) is 9.34. The summed E-state index contributed by atoms with van der Waals surface area (Å²) in [5, 5.41) is 0. The molecule has 1 aliphatic carbocycles. The third-order valence-corrected chi connectivity index (χ3v) is 2.64. The van der Waals surface area contributed by atoms with Crippen molar-refractivity contribution in [2.24, 2.45) is 5.73 Å². The van der Waals surface area contributed by atoms with Crippen molar-refractivity contribution in [2.75, 3.05) is 7.11 Å². The summed E-state index contributed by atoms with van der Waals surface area (Å²) in [4.78, 5) is 11.8. The Morgan fingerprint density at radius 3 is 2.87 bits per heavy atom. The van der Waals surface area contributed by atoms with Crippen LogP contribution in [0.15, 0.2) is 18.2 Å². The molecule has 1 atom stereocenters. The Morgan fingerprint density at radius 2 is 2.20 bits per heavy atom. The number of carbonyl (C=O) groups excluding carboxylic acids is 1. The predicted octanol–water partition coefficient (Wildman–Crippen LogP) is 1.57. The summed E-state index contributed by atoms with van der Waals surface area (Å²) in [5.41, 5.74) is 7.44. The molecule has 1 aromatic rings. The van der Waals surface area contributed by atoms with Gasteiger partial charge in [-0.15, -0.1) is 12.4 Å². The molecule has 0 aromatic heterocycles. The van der Waals surface area contributed by atoms with Gasteiger partial charge in [0.2, 0.25) is 0 Å². The summed E-state index contributed by atoms with van der Waals surface area (Å²) >= 11 is 0. The number of ketones is 1. The highest BCUT2D eigenvalue weighted by molar-refractivity contribution is 6.04. The second-order valence-electron chi connectivity index (χ2n) is 3.50. The number of hydrogen-bond acceptors (Lipinski definition) is 3. The maximum Gasteiger partial charge on any atom is 0.183 e. The molecule has 1 aromatic carbocycles. The molecule has 0 saturated heterocycles. The lowest BCUT2D eigenvalue weighted by molar-refractivity contribution is 0.0945. The number of carbonyl (C=O) groups is 1. The van der Waals surface area contributed by atoms with Crippen LogP contribution in [-0.2, 0) is 6.42 Å². The normalized spacial score (nSPS) is 19.1. The number of rotatable bonds is 1. The molecule has 0 bridgehead atoms. The van der Waals surface area contributed by atoms with E-state index in [0.29, 0.717) is 11.3 Å².